The standard InChI is InChI=1S/C19H11Cl3FNO4S/c1-28-12-6-10(20)13(16(22)15(12)21)18(25)24-11-7-29-17(14(11)19(26)27)8-2-4-9(23)5-3-8/h2-7H,1H3,(H,24,25)(H,26,27). The maximum Gasteiger partial charge on any atom is 0.339 e. The summed E-state index contributed by atoms with van der Waals surface area (Å²) in [5.41, 5.74) is 0.288. The Morgan fingerprint density at radius 1 is 1.10 bits per heavy atom. The van der Waals surface area contributed by atoms with E-state index in [1.807, 2.05) is 0 Å². The molecule has 29 heavy (non-hydrogen) atoms. The molecule has 150 valence electrons. The predicted octanol–water partition coefficient (Wildman–Crippen LogP) is 6.47. The van der Waals surface area contributed by atoms with Gasteiger partial charge in [-0.3, -0.25) is 4.79 Å². The summed E-state index contributed by atoms with van der Waals surface area (Å²) in [5, 5.41) is 13.5. The smallest absolute Gasteiger partial charge is 0.339 e. The molecule has 0 bridgehead atoms. The Bertz CT molecular complexity index is 1120. The third-order valence-corrected chi connectivity index (χ3v) is 6.11. The average molecular weight is 475 g/mol. The topological polar surface area (TPSA) is 75.6 Å². The zero-order valence-corrected chi connectivity index (χ0v) is 17.6. The quantitative estimate of drug-likeness (QED) is 0.415. The van der Waals surface area contributed by atoms with Crippen LogP contribution in [0.3, 0.4) is 0 Å². The molecule has 0 aliphatic carbocycles. The molecule has 0 fully saturated rings. The van der Waals surface area contributed by atoms with Gasteiger partial charge in [0.2, 0.25) is 0 Å². The van der Waals surface area contributed by atoms with Crippen LogP contribution >= 0.6 is 46.1 Å². The summed E-state index contributed by atoms with van der Waals surface area (Å²) in [6.07, 6.45) is 0. The number of hydrogen-bond donors (Lipinski definition) is 2. The Morgan fingerprint density at radius 2 is 1.76 bits per heavy atom. The fourth-order valence-electron chi connectivity index (χ4n) is 2.59. The molecule has 0 saturated carbocycles. The van der Waals surface area contributed by atoms with Gasteiger partial charge in [0.05, 0.1) is 33.3 Å². The number of benzene rings is 2. The van der Waals surface area contributed by atoms with Crippen LogP contribution in [0.2, 0.25) is 15.1 Å². The number of rotatable bonds is 5. The Morgan fingerprint density at radius 3 is 2.34 bits per heavy atom. The van der Waals surface area contributed by atoms with Crippen LogP contribution in [0, 0.1) is 5.82 Å². The molecule has 0 aliphatic rings. The number of thiophene rings is 1. The van der Waals surface area contributed by atoms with Gasteiger partial charge in [-0.25, -0.2) is 9.18 Å². The number of halogens is 4. The maximum atomic E-state index is 13.2. The molecule has 0 spiro atoms. The summed E-state index contributed by atoms with van der Waals surface area (Å²) in [5.74, 6) is -2.25. The first-order chi connectivity index (χ1) is 13.7. The number of methoxy groups -OCH3 is 1. The molecule has 0 unspecified atom stereocenters. The van der Waals surface area contributed by atoms with Crippen molar-refractivity contribution >= 4 is 63.7 Å². The van der Waals surface area contributed by atoms with Crippen molar-refractivity contribution in [3.05, 3.63) is 67.7 Å². The van der Waals surface area contributed by atoms with E-state index in [1.54, 1.807) is 0 Å². The molecule has 1 amide bonds. The van der Waals surface area contributed by atoms with E-state index in [9.17, 15) is 19.1 Å². The van der Waals surface area contributed by atoms with Gasteiger partial charge in [-0.2, -0.15) is 0 Å². The van der Waals surface area contributed by atoms with Crippen LogP contribution in [-0.4, -0.2) is 24.1 Å². The summed E-state index contributed by atoms with van der Waals surface area (Å²) in [6, 6.07) is 6.68. The Labute approximate surface area is 183 Å². The highest BCUT2D eigenvalue weighted by Gasteiger charge is 2.25. The lowest BCUT2D eigenvalue weighted by Gasteiger charge is -2.12. The van der Waals surface area contributed by atoms with Gasteiger partial charge in [0.1, 0.15) is 22.2 Å². The second-order valence-electron chi connectivity index (χ2n) is 5.68. The Balaban J connectivity index is 2.01. The van der Waals surface area contributed by atoms with Gasteiger partial charge in [0.15, 0.2) is 0 Å². The molecule has 5 nitrogen and oxygen atoms in total. The SMILES string of the molecule is COc1cc(Cl)c(C(=O)Nc2csc(-c3ccc(F)cc3)c2C(=O)O)c(Cl)c1Cl. The van der Waals surface area contributed by atoms with Crippen molar-refractivity contribution in [2.24, 2.45) is 0 Å². The highest BCUT2D eigenvalue weighted by atomic mass is 35.5. The largest absolute Gasteiger partial charge is 0.495 e. The van der Waals surface area contributed by atoms with Crippen molar-refractivity contribution in [2.75, 3.05) is 12.4 Å². The predicted molar refractivity (Wildman–Crippen MR) is 113 cm³/mol. The van der Waals surface area contributed by atoms with Crippen LogP contribution in [0.15, 0.2) is 35.7 Å². The van der Waals surface area contributed by atoms with Gasteiger partial charge in [0, 0.05) is 11.4 Å². The number of nitrogens with one attached hydrogen (secondary N) is 1. The molecule has 0 atom stereocenters. The van der Waals surface area contributed by atoms with Crippen molar-refractivity contribution in [3.63, 3.8) is 0 Å². The summed E-state index contributed by atoms with van der Waals surface area (Å²) in [4.78, 5) is 24.9. The second-order valence-corrected chi connectivity index (χ2v) is 7.73. The van der Waals surface area contributed by atoms with Crippen LogP contribution in [-0.2, 0) is 0 Å². The molecular weight excluding hydrogens is 464 g/mol. The Hall–Kier alpha value is -2.32. The van der Waals surface area contributed by atoms with Crippen LogP contribution < -0.4 is 10.1 Å². The van der Waals surface area contributed by atoms with E-state index >= 15 is 0 Å². The van der Waals surface area contributed by atoms with E-state index in [0.717, 1.165) is 11.3 Å². The zero-order valence-electron chi connectivity index (χ0n) is 14.6. The van der Waals surface area contributed by atoms with Crippen molar-refractivity contribution < 1.29 is 23.8 Å². The highest BCUT2D eigenvalue weighted by Crippen LogP contribution is 2.40. The summed E-state index contributed by atoms with van der Waals surface area (Å²) in [7, 11) is 1.37. The first-order valence-corrected chi connectivity index (χ1v) is 9.89. The molecule has 0 aliphatic heterocycles. The lowest BCUT2D eigenvalue weighted by atomic mass is 10.1. The van der Waals surface area contributed by atoms with Crippen molar-refractivity contribution in [2.45, 2.75) is 0 Å². The normalized spacial score (nSPS) is 10.7. The number of amides is 1. The van der Waals surface area contributed by atoms with Gasteiger partial charge in [-0.15, -0.1) is 11.3 Å². The van der Waals surface area contributed by atoms with Crippen molar-refractivity contribution in [1.29, 1.82) is 0 Å². The van der Waals surface area contributed by atoms with Gasteiger partial charge in [-0.05, 0) is 17.7 Å². The van der Waals surface area contributed by atoms with E-state index in [1.165, 1.54) is 42.8 Å². The van der Waals surface area contributed by atoms with Crippen LogP contribution in [0.25, 0.3) is 10.4 Å². The minimum atomic E-state index is -1.26. The third-order valence-electron chi connectivity index (χ3n) is 3.93. The lowest BCUT2D eigenvalue weighted by Crippen LogP contribution is -2.15. The molecule has 2 N–H and O–H groups in total. The number of carboxylic acid groups (broad SMARTS) is 1. The number of anilines is 1. The number of aromatic carboxylic acids is 1. The zero-order chi connectivity index (χ0) is 21.3. The molecule has 0 radical (unpaired) electrons. The van der Waals surface area contributed by atoms with E-state index in [0.29, 0.717) is 10.4 Å². The van der Waals surface area contributed by atoms with E-state index in [2.05, 4.69) is 5.32 Å². The molecule has 1 heterocycles. The molecular formula is C19H11Cl3FNO4S. The minimum absolute atomic E-state index is 0.000468. The fraction of sp³-hybridized carbons (Fsp3) is 0.0526. The highest BCUT2D eigenvalue weighted by molar-refractivity contribution is 7.14. The second kappa shape index (κ2) is 8.59. The van der Waals surface area contributed by atoms with Crippen LogP contribution in [0.4, 0.5) is 10.1 Å². The molecule has 1 aromatic heterocycles. The number of ether oxygens (including phenoxy) is 1. The number of carbonyl (C=O) groups is 2. The van der Waals surface area contributed by atoms with Crippen molar-refractivity contribution in [3.8, 4) is 16.2 Å². The lowest BCUT2D eigenvalue weighted by molar-refractivity contribution is 0.0699. The summed E-state index contributed by atoms with van der Waals surface area (Å²) < 4.78 is 18.2. The Kier molecular flexibility index (Phi) is 6.33. The molecule has 3 rings (SSSR count). The van der Waals surface area contributed by atoms with Crippen LogP contribution in [0.5, 0.6) is 5.75 Å². The van der Waals surface area contributed by atoms with Crippen molar-refractivity contribution in [1.82, 2.24) is 0 Å². The number of carbonyl (C=O) groups excluding carboxylic acids is 1. The van der Waals surface area contributed by atoms with Gasteiger partial charge in [-0.1, -0.05) is 46.9 Å². The van der Waals surface area contributed by atoms with E-state index < -0.39 is 17.7 Å². The first-order valence-electron chi connectivity index (χ1n) is 7.88. The maximum absolute atomic E-state index is 13.2. The third kappa shape index (κ3) is 4.18. The number of carboxylic acids is 1. The molecule has 10 heteroatoms. The van der Waals surface area contributed by atoms with Gasteiger partial charge < -0.3 is 15.2 Å². The van der Waals surface area contributed by atoms with E-state index in [4.69, 9.17) is 39.5 Å². The minimum Gasteiger partial charge on any atom is -0.495 e. The van der Waals surface area contributed by atoms with Crippen LogP contribution in [0.1, 0.15) is 20.7 Å². The average Bonchev–Trinajstić information content (AvgIpc) is 3.09. The van der Waals surface area contributed by atoms with Gasteiger partial charge >= 0.3 is 5.97 Å². The fourth-order valence-corrected chi connectivity index (χ4v) is 4.43. The summed E-state index contributed by atoms with van der Waals surface area (Å²) in [6.45, 7) is 0. The summed E-state index contributed by atoms with van der Waals surface area (Å²) >= 11 is 19.5. The molecule has 3 aromatic rings. The monoisotopic (exact) mass is 473 g/mol. The molecule has 0 saturated heterocycles. The van der Waals surface area contributed by atoms with E-state index in [-0.39, 0.29) is 37.6 Å². The molecule has 2 aromatic carbocycles. The number of hydrogen-bond acceptors (Lipinski definition) is 4. The first kappa shape index (κ1) is 21.4. The van der Waals surface area contributed by atoms with Gasteiger partial charge in [0.25, 0.3) is 5.91 Å².